The molecule has 1 spiro atoms. The Kier molecular flexibility index (Phi) is 9.02. The zero-order valence-corrected chi connectivity index (χ0v) is 27.4. The van der Waals surface area contributed by atoms with Crippen molar-refractivity contribution in [1.29, 1.82) is 0 Å². The van der Waals surface area contributed by atoms with Crippen molar-refractivity contribution in [2.75, 3.05) is 34.1 Å². The van der Waals surface area contributed by atoms with Crippen LogP contribution in [-0.4, -0.2) is 84.9 Å². The number of esters is 3. The van der Waals surface area contributed by atoms with Crippen LogP contribution in [-0.2, 0) is 39.8 Å². The molecule has 4 atom stereocenters. The molecule has 1 unspecified atom stereocenters. The number of aliphatic hydroxyl groups is 1. The van der Waals surface area contributed by atoms with Gasteiger partial charge in [-0.1, -0.05) is 12.8 Å². The maximum absolute atomic E-state index is 14.1. The van der Waals surface area contributed by atoms with Crippen LogP contribution in [0.2, 0.25) is 0 Å². The number of carbonyl (C=O) groups excluding carboxylic acids is 3. The molecule has 3 aliphatic heterocycles. The second-order valence-corrected chi connectivity index (χ2v) is 14.1. The predicted molar refractivity (Wildman–Crippen MR) is 165 cm³/mol. The standard InChI is InChI=1S/C35H47NO10/c1-33(2,46-31(38)22-9-5-6-10-22)12-7-14-35(40,20-28(37)42-4)32(39)45-30-27(41-3)19-34-13-8-15-36(34)16-11-23-17-25-26(44-21-43-25)18-24(23)29(30)34/h17-19,22,29-30,40H,5-16,20-21H2,1-4H3/t29-,30-,34+,35?/m1/s1. The van der Waals surface area contributed by atoms with Crippen LogP contribution in [0.1, 0.15) is 95.1 Å². The van der Waals surface area contributed by atoms with Gasteiger partial charge in [-0.15, -0.1) is 0 Å². The highest BCUT2D eigenvalue weighted by atomic mass is 16.7. The van der Waals surface area contributed by atoms with Gasteiger partial charge in [0.05, 0.1) is 38.0 Å². The van der Waals surface area contributed by atoms with Crippen molar-refractivity contribution in [2.45, 2.75) is 113 Å². The Labute approximate surface area is 270 Å². The van der Waals surface area contributed by atoms with Crippen LogP contribution >= 0.6 is 0 Å². The van der Waals surface area contributed by atoms with Gasteiger partial charge in [0, 0.05) is 6.54 Å². The summed E-state index contributed by atoms with van der Waals surface area (Å²) in [7, 11) is 2.78. The quantitative estimate of drug-likeness (QED) is 0.274. The number of rotatable bonds is 11. The number of ether oxygens (including phenoxy) is 6. The van der Waals surface area contributed by atoms with Crippen molar-refractivity contribution in [3.8, 4) is 11.5 Å². The second-order valence-electron chi connectivity index (χ2n) is 14.1. The van der Waals surface area contributed by atoms with E-state index >= 15 is 0 Å². The topological polar surface area (TPSA) is 130 Å². The number of carbonyl (C=O) groups is 3. The molecule has 0 bridgehead atoms. The summed E-state index contributed by atoms with van der Waals surface area (Å²) in [5, 5.41) is 11.8. The first-order chi connectivity index (χ1) is 22.0. The molecule has 1 saturated heterocycles. The molecular weight excluding hydrogens is 594 g/mol. The van der Waals surface area contributed by atoms with E-state index in [2.05, 4.69) is 11.0 Å². The minimum Gasteiger partial charge on any atom is -0.497 e. The van der Waals surface area contributed by atoms with Crippen LogP contribution in [0.25, 0.3) is 0 Å². The van der Waals surface area contributed by atoms with E-state index in [4.69, 9.17) is 28.4 Å². The van der Waals surface area contributed by atoms with Gasteiger partial charge in [-0.25, -0.2) is 4.79 Å². The molecule has 0 radical (unpaired) electrons. The SMILES string of the molecule is COC(=O)CC(O)(CCCC(C)(C)OC(=O)C1CCCC1)C(=O)O[C@@H]1C(OC)=C[C@]23CCCN2CCc2cc4c(cc2[C@H]13)OCO4. The summed E-state index contributed by atoms with van der Waals surface area (Å²) in [5.74, 6) is -0.388. The van der Waals surface area contributed by atoms with Crippen LogP contribution in [0.5, 0.6) is 11.5 Å². The molecule has 0 amide bonds. The van der Waals surface area contributed by atoms with Crippen molar-refractivity contribution in [3.05, 3.63) is 35.1 Å². The van der Waals surface area contributed by atoms with Gasteiger partial charge in [-0.05, 0) is 101 Å². The molecule has 46 heavy (non-hydrogen) atoms. The Morgan fingerprint density at radius 3 is 2.50 bits per heavy atom. The summed E-state index contributed by atoms with van der Waals surface area (Å²) in [6, 6.07) is 4.01. The maximum Gasteiger partial charge on any atom is 0.339 e. The van der Waals surface area contributed by atoms with Gasteiger partial charge in [0.15, 0.2) is 23.2 Å². The molecule has 11 nitrogen and oxygen atoms in total. The fraction of sp³-hybridized carbons (Fsp3) is 0.686. The lowest BCUT2D eigenvalue weighted by atomic mass is 9.77. The molecule has 2 fully saturated rings. The van der Waals surface area contributed by atoms with Crippen molar-refractivity contribution in [2.24, 2.45) is 5.92 Å². The van der Waals surface area contributed by atoms with Gasteiger partial charge in [0.1, 0.15) is 11.4 Å². The minimum absolute atomic E-state index is 0.0756. The van der Waals surface area contributed by atoms with Gasteiger partial charge in [-0.3, -0.25) is 14.5 Å². The first-order valence-electron chi connectivity index (χ1n) is 16.7. The van der Waals surface area contributed by atoms with E-state index in [-0.39, 0.29) is 31.0 Å². The molecule has 1 saturated carbocycles. The van der Waals surface area contributed by atoms with E-state index in [1.165, 1.54) is 7.11 Å². The van der Waals surface area contributed by atoms with Crippen LogP contribution in [0, 0.1) is 5.92 Å². The first-order valence-corrected chi connectivity index (χ1v) is 16.7. The number of nitrogens with zero attached hydrogens (tertiary/aromatic N) is 1. The molecular formula is C35H47NO10. The highest BCUT2D eigenvalue weighted by molar-refractivity contribution is 5.86. The summed E-state index contributed by atoms with van der Waals surface area (Å²) in [4.78, 5) is 41.7. The van der Waals surface area contributed by atoms with E-state index in [9.17, 15) is 19.5 Å². The van der Waals surface area contributed by atoms with Crippen molar-refractivity contribution < 1.29 is 47.9 Å². The van der Waals surface area contributed by atoms with E-state index in [0.29, 0.717) is 30.1 Å². The van der Waals surface area contributed by atoms with Gasteiger partial charge < -0.3 is 33.5 Å². The fourth-order valence-corrected chi connectivity index (χ4v) is 8.27. The third-order valence-corrected chi connectivity index (χ3v) is 10.7. The lowest BCUT2D eigenvalue weighted by molar-refractivity contribution is -0.179. The van der Waals surface area contributed by atoms with Gasteiger partial charge in [0.25, 0.3) is 0 Å². The highest BCUT2D eigenvalue weighted by Crippen LogP contribution is 2.55. The Balaban J connectivity index is 1.24. The summed E-state index contributed by atoms with van der Waals surface area (Å²) >= 11 is 0. The lowest BCUT2D eigenvalue weighted by Crippen LogP contribution is -2.49. The zero-order valence-electron chi connectivity index (χ0n) is 27.4. The smallest absolute Gasteiger partial charge is 0.339 e. The number of fused-ring (bicyclic) bond motifs is 3. The third kappa shape index (κ3) is 6.08. The van der Waals surface area contributed by atoms with E-state index in [1.54, 1.807) is 7.11 Å². The van der Waals surface area contributed by atoms with Crippen LogP contribution in [0.15, 0.2) is 24.0 Å². The third-order valence-electron chi connectivity index (χ3n) is 10.7. The lowest BCUT2D eigenvalue weighted by Gasteiger charge is -2.39. The largest absolute Gasteiger partial charge is 0.497 e. The molecule has 252 valence electrons. The Hall–Kier alpha value is -3.31. The Bertz CT molecular complexity index is 1380. The number of hydrogen-bond donors (Lipinski definition) is 1. The second kappa shape index (κ2) is 12.7. The van der Waals surface area contributed by atoms with E-state index < -0.39 is 41.2 Å². The maximum atomic E-state index is 14.1. The van der Waals surface area contributed by atoms with Crippen LogP contribution in [0.3, 0.4) is 0 Å². The summed E-state index contributed by atoms with van der Waals surface area (Å²) in [6.07, 6.45) is 7.65. The number of benzene rings is 1. The molecule has 5 aliphatic rings. The molecule has 6 rings (SSSR count). The van der Waals surface area contributed by atoms with Gasteiger partial charge in [-0.2, -0.15) is 0 Å². The molecule has 2 aliphatic carbocycles. The molecule has 1 aromatic rings. The van der Waals surface area contributed by atoms with E-state index in [0.717, 1.165) is 69.2 Å². The fourth-order valence-electron chi connectivity index (χ4n) is 8.27. The average molecular weight is 642 g/mol. The van der Waals surface area contributed by atoms with Gasteiger partial charge >= 0.3 is 17.9 Å². The highest BCUT2D eigenvalue weighted by Gasteiger charge is 2.59. The van der Waals surface area contributed by atoms with Crippen LogP contribution in [0.4, 0.5) is 0 Å². The molecule has 3 heterocycles. The van der Waals surface area contributed by atoms with Crippen molar-refractivity contribution >= 4 is 17.9 Å². The van der Waals surface area contributed by atoms with Crippen molar-refractivity contribution in [1.82, 2.24) is 4.90 Å². The summed E-state index contributed by atoms with van der Waals surface area (Å²) in [6.45, 7) is 5.53. The molecule has 1 aromatic carbocycles. The molecule has 0 aromatic heterocycles. The molecule has 1 N–H and O–H groups in total. The van der Waals surface area contributed by atoms with Crippen molar-refractivity contribution in [3.63, 3.8) is 0 Å². The Morgan fingerprint density at radius 2 is 1.78 bits per heavy atom. The van der Waals surface area contributed by atoms with Crippen LogP contribution < -0.4 is 9.47 Å². The first kappa shape index (κ1) is 32.6. The number of methoxy groups -OCH3 is 2. The minimum atomic E-state index is -2.16. The van der Waals surface area contributed by atoms with Gasteiger partial charge in [0.2, 0.25) is 6.79 Å². The molecule has 11 heteroatoms. The number of hydrogen-bond acceptors (Lipinski definition) is 11. The zero-order chi connectivity index (χ0) is 32.7. The predicted octanol–water partition coefficient (Wildman–Crippen LogP) is 4.32. The summed E-state index contributed by atoms with van der Waals surface area (Å²) < 4.78 is 34.3. The monoisotopic (exact) mass is 641 g/mol. The van der Waals surface area contributed by atoms with E-state index in [1.807, 2.05) is 26.0 Å². The Morgan fingerprint density at radius 1 is 1.04 bits per heavy atom. The normalized spacial score (nSPS) is 26.7. The average Bonchev–Trinajstić information content (AvgIpc) is 3.82. The summed E-state index contributed by atoms with van der Waals surface area (Å²) in [5.41, 5.74) is -1.32.